The first-order valence-corrected chi connectivity index (χ1v) is 5.74. The highest BCUT2D eigenvalue weighted by atomic mass is 35.5. The number of benzene rings is 1. The van der Waals surface area contributed by atoms with Crippen LogP contribution in [0.1, 0.15) is 19.8 Å². The van der Waals surface area contributed by atoms with Crippen LogP contribution in [0.5, 0.6) is 5.75 Å². The Kier molecular flexibility index (Phi) is 5.77. The van der Waals surface area contributed by atoms with Gasteiger partial charge in [-0.1, -0.05) is 11.6 Å². The normalized spacial score (nSPS) is 10.1. The predicted octanol–water partition coefficient (Wildman–Crippen LogP) is 3.20. The van der Waals surface area contributed by atoms with Gasteiger partial charge in [0.1, 0.15) is 11.6 Å². The van der Waals surface area contributed by atoms with E-state index in [1.54, 1.807) is 6.92 Å². The van der Waals surface area contributed by atoms with Crippen LogP contribution < -0.4 is 4.74 Å². The average molecular weight is 261 g/mol. The van der Waals surface area contributed by atoms with E-state index >= 15 is 0 Å². The van der Waals surface area contributed by atoms with Crippen molar-refractivity contribution in [3.05, 3.63) is 29.0 Å². The number of esters is 1. The summed E-state index contributed by atoms with van der Waals surface area (Å²) < 4.78 is 22.9. The quantitative estimate of drug-likeness (QED) is 0.582. The highest BCUT2D eigenvalue weighted by Gasteiger charge is 2.05. The summed E-state index contributed by atoms with van der Waals surface area (Å²) in [5.74, 6) is -0.383. The minimum Gasteiger partial charge on any atom is -0.492 e. The Hall–Kier alpha value is -1.29. The molecular formula is C12H14ClFO3. The third kappa shape index (κ3) is 5.04. The molecule has 1 aromatic carbocycles. The van der Waals surface area contributed by atoms with Crippen molar-refractivity contribution in [3.8, 4) is 5.75 Å². The van der Waals surface area contributed by atoms with E-state index < -0.39 is 5.82 Å². The Morgan fingerprint density at radius 3 is 2.94 bits per heavy atom. The second-order valence-corrected chi connectivity index (χ2v) is 3.74. The van der Waals surface area contributed by atoms with Crippen LogP contribution in [0, 0.1) is 5.82 Å². The fourth-order valence-electron chi connectivity index (χ4n) is 1.22. The molecule has 0 heterocycles. The van der Waals surface area contributed by atoms with E-state index in [2.05, 4.69) is 0 Å². The van der Waals surface area contributed by atoms with E-state index in [0.717, 1.165) is 0 Å². The number of ether oxygens (including phenoxy) is 2. The van der Waals surface area contributed by atoms with Gasteiger partial charge in [0, 0.05) is 12.5 Å². The third-order valence-electron chi connectivity index (χ3n) is 1.98. The van der Waals surface area contributed by atoms with Gasteiger partial charge in [-0.15, -0.1) is 0 Å². The molecule has 1 aromatic rings. The van der Waals surface area contributed by atoms with Gasteiger partial charge in [-0.25, -0.2) is 4.39 Å². The SMILES string of the molecule is CCOC(=O)CCCOc1cc(F)ccc1Cl. The molecule has 0 aliphatic rings. The summed E-state index contributed by atoms with van der Waals surface area (Å²) in [5, 5.41) is 0.350. The van der Waals surface area contributed by atoms with Crippen LogP contribution >= 0.6 is 11.6 Å². The molecule has 17 heavy (non-hydrogen) atoms. The number of halogens is 2. The number of carbonyl (C=O) groups is 1. The van der Waals surface area contributed by atoms with E-state index in [9.17, 15) is 9.18 Å². The van der Waals surface area contributed by atoms with Gasteiger partial charge in [-0.2, -0.15) is 0 Å². The molecule has 0 amide bonds. The molecular weight excluding hydrogens is 247 g/mol. The third-order valence-corrected chi connectivity index (χ3v) is 2.29. The molecule has 0 spiro atoms. The zero-order valence-corrected chi connectivity index (χ0v) is 10.3. The molecule has 0 unspecified atom stereocenters. The van der Waals surface area contributed by atoms with Crippen molar-refractivity contribution < 1.29 is 18.7 Å². The fourth-order valence-corrected chi connectivity index (χ4v) is 1.39. The summed E-state index contributed by atoms with van der Waals surface area (Å²) in [6, 6.07) is 3.90. The topological polar surface area (TPSA) is 35.5 Å². The minimum absolute atomic E-state index is 0.263. The van der Waals surface area contributed by atoms with E-state index in [0.29, 0.717) is 24.7 Å². The summed E-state index contributed by atoms with van der Waals surface area (Å²) in [6.07, 6.45) is 0.784. The Balaban J connectivity index is 2.31. The van der Waals surface area contributed by atoms with E-state index in [1.165, 1.54) is 18.2 Å². The van der Waals surface area contributed by atoms with Crippen LogP contribution in [0.4, 0.5) is 4.39 Å². The molecule has 0 aliphatic heterocycles. The summed E-state index contributed by atoms with van der Waals surface area (Å²) in [7, 11) is 0. The van der Waals surface area contributed by atoms with Gasteiger partial charge >= 0.3 is 5.97 Å². The average Bonchev–Trinajstić information content (AvgIpc) is 2.29. The first-order valence-electron chi connectivity index (χ1n) is 5.37. The number of hydrogen-bond acceptors (Lipinski definition) is 3. The Bertz CT molecular complexity index is 382. The lowest BCUT2D eigenvalue weighted by Crippen LogP contribution is -2.06. The first kappa shape index (κ1) is 13.8. The molecule has 0 saturated heterocycles. The van der Waals surface area contributed by atoms with Crippen molar-refractivity contribution in [1.29, 1.82) is 0 Å². The van der Waals surface area contributed by atoms with Gasteiger partial charge in [0.15, 0.2) is 0 Å². The van der Waals surface area contributed by atoms with Crippen molar-refractivity contribution in [2.45, 2.75) is 19.8 Å². The van der Waals surface area contributed by atoms with Gasteiger partial charge < -0.3 is 9.47 Å². The van der Waals surface area contributed by atoms with Crippen LogP contribution in [-0.4, -0.2) is 19.2 Å². The maximum absolute atomic E-state index is 12.9. The van der Waals surface area contributed by atoms with Crippen molar-refractivity contribution in [1.82, 2.24) is 0 Å². The molecule has 0 bridgehead atoms. The molecule has 1 rings (SSSR count). The van der Waals surface area contributed by atoms with E-state index in [1.807, 2.05) is 0 Å². The van der Waals surface area contributed by atoms with Gasteiger partial charge in [-0.05, 0) is 25.5 Å². The lowest BCUT2D eigenvalue weighted by Gasteiger charge is -2.07. The van der Waals surface area contributed by atoms with E-state index in [-0.39, 0.29) is 18.1 Å². The minimum atomic E-state index is -0.408. The highest BCUT2D eigenvalue weighted by Crippen LogP contribution is 2.24. The zero-order valence-electron chi connectivity index (χ0n) is 9.54. The van der Waals surface area contributed by atoms with Crippen LogP contribution in [0.25, 0.3) is 0 Å². The van der Waals surface area contributed by atoms with E-state index in [4.69, 9.17) is 21.1 Å². The molecule has 0 fully saturated rings. The molecule has 0 N–H and O–H groups in total. The Morgan fingerprint density at radius 1 is 1.47 bits per heavy atom. The highest BCUT2D eigenvalue weighted by molar-refractivity contribution is 6.32. The smallest absolute Gasteiger partial charge is 0.305 e. The van der Waals surface area contributed by atoms with Crippen LogP contribution in [0.15, 0.2) is 18.2 Å². The summed E-state index contributed by atoms with van der Waals surface area (Å²) in [6.45, 7) is 2.42. The summed E-state index contributed by atoms with van der Waals surface area (Å²) in [4.78, 5) is 11.0. The van der Waals surface area contributed by atoms with Crippen molar-refractivity contribution in [2.75, 3.05) is 13.2 Å². The number of carbonyl (C=O) groups excluding carboxylic acids is 1. The van der Waals surface area contributed by atoms with Crippen molar-refractivity contribution >= 4 is 17.6 Å². The second-order valence-electron chi connectivity index (χ2n) is 3.33. The molecule has 0 aliphatic carbocycles. The lowest BCUT2D eigenvalue weighted by atomic mass is 10.3. The number of hydrogen-bond donors (Lipinski definition) is 0. The maximum Gasteiger partial charge on any atom is 0.305 e. The Labute approximate surface area is 104 Å². The molecule has 0 atom stereocenters. The summed E-state index contributed by atoms with van der Waals surface area (Å²) in [5.41, 5.74) is 0. The molecule has 0 aromatic heterocycles. The van der Waals surface area contributed by atoms with Crippen LogP contribution in [-0.2, 0) is 9.53 Å². The Morgan fingerprint density at radius 2 is 2.24 bits per heavy atom. The van der Waals surface area contributed by atoms with Gasteiger partial charge in [-0.3, -0.25) is 4.79 Å². The number of rotatable bonds is 6. The largest absolute Gasteiger partial charge is 0.492 e. The molecule has 5 heteroatoms. The first-order chi connectivity index (χ1) is 8.13. The van der Waals surface area contributed by atoms with Gasteiger partial charge in [0.2, 0.25) is 0 Å². The van der Waals surface area contributed by atoms with Gasteiger partial charge in [0.05, 0.1) is 18.2 Å². The lowest BCUT2D eigenvalue weighted by molar-refractivity contribution is -0.143. The van der Waals surface area contributed by atoms with Crippen molar-refractivity contribution in [3.63, 3.8) is 0 Å². The summed E-state index contributed by atoms with van der Waals surface area (Å²) >= 11 is 5.80. The molecule has 94 valence electrons. The van der Waals surface area contributed by atoms with Crippen molar-refractivity contribution in [2.24, 2.45) is 0 Å². The zero-order chi connectivity index (χ0) is 12.7. The van der Waals surface area contributed by atoms with Gasteiger partial charge in [0.25, 0.3) is 0 Å². The van der Waals surface area contributed by atoms with Crippen LogP contribution in [0.3, 0.4) is 0 Å². The fraction of sp³-hybridized carbons (Fsp3) is 0.417. The monoisotopic (exact) mass is 260 g/mol. The molecule has 3 nitrogen and oxygen atoms in total. The maximum atomic E-state index is 12.9. The second kappa shape index (κ2) is 7.12. The molecule has 0 radical (unpaired) electrons. The predicted molar refractivity (Wildman–Crippen MR) is 62.8 cm³/mol. The van der Waals surface area contributed by atoms with Crippen LogP contribution in [0.2, 0.25) is 5.02 Å². The molecule has 0 saturated carbocycles. The standard InChI is InChI=1S/C12H14ClFO3/c1-2-16-12(15)4-3-7-17-11-8-9(14)5-6-10(11)13/h5-6,8H,2-4,7H2,1H3.